The second kappa shape index (κ2) is 8.86. The molecule has 0 aliphatic rings. The number of hydrogen-bond acceptors (Lipinski definition) is 6. The van der Waals surface area contributed by atoms with Gasteiger partial charge in [-0.2, -0.15) is 0 Å². The number of amides is 1. The first-order chi connectivity index (χ1) is 12.1. The highest BCUT2D eigenvalue weighted by molar-refractivity contribution is 5.92. The molecule has 1 unspecified atom stereocenters. The summed E-state index contributed by atoms with van der Waals surface area (Å²) in [5, 5.41) is 14.0. The molecule has 134 valence electrons. The Kier molecular flexibility index (Phi) is 6.56. The quantitative estimate of drug-likeness (QED) is 0.766. The average molecular weight is 344 g/mol. The normalized spacial score (nSPS) is 11.5. The van der Waals surface area contributed by atoms with Gasteiger partial charge in [0.2, 0.25) is 0 Å². The maximum absolute atomic E-state index is 12.0. The summed E-state index contributed by atoms with van der Waals surface area (Å²) >= 11 is 0. The fraction of sp³-hybridized carbons (Fsp3) is 0.389. The number of nitrogens with one attached hydrogen (secondary N) is 2. The van der Waals surface area contributed by atoms with Crippen molar-refractivity contribution in [2.75, 3.05) is 19.5 Å². The van der Waals surface area contributed by atoms with E-state index in [0.29, 0.717) is 29.6 Å². The van der Waals surface area contributed by atoms with Crippen LogP contribution in [-0.4, -0.2) is 36.4 Å². The van der Waals surface area contributed by atoms with Crippen molar-refractivity contribution >= 4 is 11.7 Å². The lowest BCUT2D eigenvalue weighted by Gasteiger charge is -2.11. The molecule has 25 heavy (non-hydrogen) atoms. The smallest absolute Gasteiger partial charge is 0.272 e. The van der Waals surface area contributed by atoms with Crippen molar-refractivity contribution in [2.45, 2.75) is 32.9 Å². The number of nitrogens with zero attached hydrogens (tertiary/aromatic N) is 2. The number of ether oxygens (including phenoxy) is 2. The number of aromatic nitrogens is 2. The predicted molar refractivity (Wildman–Crippen MR) is 96.1 cm³/mol. The third kappa shape index (κ3) is 5.07. The van der Waals surface area contributed by atoms with Crippen LogP contribution >= 0.6 is 0 Å². The van der Waals surface area contributed by atoms with Crippen molar-refractivity contribution in [3.05, 3.63) is 41.6 Å². The molecule has 0 spiro atoms. The number of carbonyl (C=O) groups excluding carboxylic acids is 1. The summed E-state index contributed by atoms with van der Waals surface area (Å²) in [4.78, 5) is 12.0. The Hall–Kier alpha value is -2.83. The Morgan fingerprint density at radius 1 is 1.12 bits per heavy atom. The number of rotatable bonds is 8. The van der Waals surface area contributed by atoms with Gasteiger partial charge in [-0.25, -0.2) is 0 Å². The Labute approximate surface area is 147 Å². The standard InChI is InChI=1S/C18H24N4O3/c1-5-12(2)20-18(23)14-7-9-17(22-21-14)19-11-13-6-8-15(24-3)16(10-13)25-4/h6-10,12H,5,11H2,1-4H3,(H,19,22)(H,20,23). The van der Waals surface area contributed by atoms with Crippen LogP contribution < -0.4 is 20.1 Å². The lowest BCUT2D eigenvalue weighted by atomic mass is 10.2. The molecule has 0 saturated heterocycles. The van der Waals surface area contributed by atoms with Gasteiger partial charge in [0.25, 0.3) is 5.91 Å². The van der Waals surface area contributed by atoms with Crippen molar-refractivity contribution < 1.29 is 14.3 Å². The minimum atomic E-state index is -0.215. The average Bonchev–Trinajstić information content (AvgIpc) is 2.66. The first kappa shape index (κ1) is 18.5. The molecule has 2 aromatic rings. The van der Waals surface area contributed by atoms with Gasteiger partial charge in [0.15, 0.2) is 17.2 Å². The van der Waals surface area contributed by atoms with Crippen molar-refractivity contribution in [1.82, 2.24) is 15.5 Å². The second-order valence-corrected chi connectivity index (χ2v) is 5.63. The van der Waals surface area contributed by atoms with Crippen LogP contribution in [-0.2, 0) is 6.54 Å². The third-order valence-electron chi connectivity index (χ3n) is 3.81. The van der Waals surface area contributed by atoms with E-state index in [-0.39, 0.29) is 11.9 Å². The molecule has 2 rings (SSSR count). The molecule has 1 aromatic carbocycles. The van der Waals surface area contributed by atoms with Crippen molar-refractivity contribution in [1.29, 1.82) is 0 Å². The molecule has 0 saturated carbocycles. The Morgan fingerprint density at radius 3 is 2.48 bits per heavy atom. The highest BCUT2D eigenvalue weighted by Crippen LogP contribution is 2.27. The van der Waals surface area contributed by atoms with Gasteiger partial charge in [-0.3, -0.25) is 4.79 Å². The van der Waals surface area contributed by atoms with Crippen LogP contribution in [0.15, 0.2) is 30.3 Å². The van der Waals surface area contributed by atoms with Crippen molar-refractivity contribution in [3.63, 3.8) is 0 Å². The van der Waals surface area contributed by atoms with Crippen LogP contribution in [0.2, 0.25) is 0 Å². The van der Waals surface area contributed by atoms with E-state index in [1.165, 1.54) is 0 Å². The van der Waals surface area contributed by atoms with Crippen LogP contribution in [0.5, 0.6) is 11.5 Å². The van der Waals surface area contributed by atoms with Crippen LogP contribution in [0.25, 0.3) is 0 Å². The summed E-state index contributed by atoms with van der Waals surface area (Å²) in [6.07, 6.45) is 0.865. The lowest BCUT2D eigenvalue weighted by Crippen LogP contribution is -2.32. The first-order valence-corrected chi connectivity index (χ1v) is 8.16. The van der Waals surface area contributed by atoms with E-state index in [4.69, 9.17) is 9.47 Å². The van der Waals surface area contributed by atoms with Gasteiger partial charge in [-0.1, -0.05) is 13.0 Å². The molecule has 1 atom stereocenters. The van der Waals surface area contributed by atoms with Gasteiger partial charge in [0.05, 0.1) is 14.2 Å². The Bertz CT molecular complexity index is 704. The Balaban J connectivity index is 1.96. The summed E-state index contributed by atoms with van der Waals surface area (Å²) in [7, 11) is 3.20. The molecular weight excluding hydrogens is 320 g/mol. The number of carbonyl (C=O) groups is 1. The zero-order valence-electron chi connectivity index (χ0n) is 15.0. The fourth-order valence-corrected chi connectivity index (χ4v) is 2.13. The van der Waals surface area contributed by atoms with Gasteiger partial charge in [-0.15, -0.1) is 10.2 Å². The molecular formula is C18H24N4O3. The van der Waals surface area contributed by atoms with E-state index in [2.05, 4.69) is 20.8 Å². The molecule has 0 fully saturated rings. The number of benzene rings is 1. The molecule has 0 aliphatic heterocycles. The second-order valence-electron chi connectivity index (χ2n) is 5.63. The zero-order valence-corrected chi connectivity index (χ0v) is 15.0. The van der Waals surface area contributed by atoms with Crippen molar-refractivity contribution in [2.24, 2.45) is 0 Å². The molecule has 0 aliphatic carbocycles. The number of hydrogen-bond donors (Lipinski definition) is 2. The fourth-order valence-electron chi connectivity index (χ4n) is 2.13. The summed E-state index contributed by atoms with van der Waals surface area (Å²) in [6, 6.07) is 9.19. The van der Waals surface area contributed by atoms with Gasteiger partial charge < -0.3 is 20.1 Å². The van der Waals surface area contributed by atoms with E-state index in [9.17, 15) is 4.79 Å². The highest BCUT2D eigenvalue weighted by atomic mass is 16.5. The molecule has 0 radical (unpaired) electrons. The molecule has 0 bridgehead atoms. The molecule has 1 heterocycles. The SMILES string of the molecule is CCC(C)NC(=O)c1ccc(NCc2ccc(OC)c(OC)c2)nn1. The first-order valence-electron chi connectivity index (χ1n) is 8.16. The summed E-state index contributed by atoms with van der Waals surface area (Å²) < 4.78 is 10.5. The lowest BCUT2D eigenvalue weighted by molar-refractivity contribution is 0.0933. The number of anilines is 1. The zero-order chi connectivity index (χ0) is 18.2. The summed E-state index contributed by atoms with van der Waals surface area (Å²) in [5.74, 6) is 1.73. The molecule has 7 nitrogen and oxygen atoms in total. The minimum Gasteiger partial charge on any atom is -0.493 e. The van der Waals surface area contributed by atoms with Crippen LogP contribution in [0.3, 0.4) is 0 Å². The van der Waals surface area contributed by atoms with Crippen LogP contribution in [0, 0.1) is 0 Å². The molecule has 2 N–H and O–H groups in total. The molecule has 7 heteroatoms. The monoisotopic (exact) mass is 344 g/mol. The maximum Gasteiger partial charge on any atom is 0.272 e. The Morgan fingerprint density at radius 2 is 1.88 bits per heavy atom. The third-order valence-corrected chi connectivity index (χ3v) is 3.81. The van der Waals surface area contributed by atoms with Gasteiger partial charge in [0.1, 0.15) is 5.82 Å². The summed E-state index contributed by atoms with van der Waals surface area (Å²) in [6.45, 7) is 4.51. The predicted octanol–water partition coefficient (Wildman–Crippen LogP) is 2.63. The van der Waals surface area contributed by atoms with E-state index in [1.807, 2.05) is 32.0 Å². The van der Waals surface area contributed by atoms with Crippen molar-refractivity contribution in [3.8, 4) is 11.5 Å². The maximum atomic E-state index is 12.0. The largest absolute Gasteiger partial charge is 0.493 e. The topological polar surface area (TPSA) is 85.4 Å². The molecule has 1 amide bonds. The van der Waals surface area contributed by atoms with E-state index >= 15 is 0 Å². The van der Waals surface area contributed by atoms with Gasteiger partial charge in [-0.05, 0) is 43.2 Å². The van der Waals surface area contributed by atoms with Gasteiger partial charge >= 0.3 is 0 Å². The van der Waals surface area contributed by atoms with E-state index in [1.54, 1.807) is 26.4 Å². The van der Waals surface area contributed by atoms with E-state index in [0.717, 1.165) is 12.0 Å². The summed E-state index contributed by atoms with van der Waals surface area (Å²) in [5.41, 5.74) is 1.31. The van der Waals surface area contributed by atoms with Crippen LogP contribution in [0.4, 0.5) is 5.82 Å². The highest BCUT2D eigenvalue weighted by Gasteiger charge is 2.10. The van der Waals surface area contributed by atoms with Gasteiger partial charge in [0, 0.05) is 12.6 Å². The van der Waals surface area contributed by atoms with Crippen LogP contribution in [0.1, 0.15) is 36.3 Å². The molecule has 1 aromatic heterocycles. The van der Waals surface area contributed by atoms with E-state index < -0.39 is 0 Å². The minimum absolute atomic E-state index is 0.108. The number of methoxy groups -OCH3 is 2.